The van der Waals surface area contributed by atoms with Crippen molar-refractivity contribution in [1.29, 1.82) is 0 Å². The van der Waals surface area contributed by atoms with Crippen molar-refractivity contribution < 1.29 is 19.3 Å². The number of fused-ring (bicyclic) bond motifs is 2. The lowest BCUT2D eigenvalue weighted by molar-refractivity contribution is -0.0587. The number of H-pyrrole nitrogens is 1. The van der Waals surface area contributed by atoms with Gasteiger partial charge in [0.1, 0.15) is 17.2 Å². The van der Waals surface area contributed by atoms with Gasteiger partial charge in [-0.3, -0.25) is 0 Å². The van der Waals surface area contributed by atoms with Crippen LogP contribution >= 0.6 is 11.6 Å². The standard InChI is InChI=1S/C24H26ClFN2O3/c1-14-23(17-11-16(26)3-4-19(17)27-14)21(30)13-28-8-6-24(7-9-28)12-20(29)18-10-15(25)2-5-22(18)31-24/h2-5,10-11,20-21,27,29-30H,6-9,12-13H2,1H3/t20-,21-/m1/s1. The maximum absolute atomic E-state index is 13.8. The van der Waals surface area contributed by atoms with E-state index < -0.39 is 17.8 Å². The zero-order valence-electron chi connectivity index (χ0n) is 17.4. The molecule has 31 heavy (non-hydrogen) atoms. The normalized spacial score (nSPS) is 21.8. The second kappa shape index (κ2) is 7.78. The van der Waals surface area contributed by atoms with E-state index in [0.29, 0.717) is 23.7 Å². The number of hydrogen-bond acceptors (Lipinski definition) is 4. The lowest BCUT2D eigenvalue weighted by Gasteiger charge is -2.46. The highest BCUT2D eigenvalue weighted by Crippen LogP contribution is 2.45. The van der Waals surface area contributed by atoms with Gasteiger partial charge in [0.05, 0.1) is 12.2 Å². The van der Waals surface area contributed by atoms with Gasteiger partial charge in [-0.05, 0) is 56.2 Å². The molecule has 2 aliphatic rings. The average molecular weight is 445 g/mol. The van der Waals surface area contributed by atoms with Crippen molar-refractivity contribution in [3.05, 3.63) is 64.1 Å². The number of aryl methyl sites for hydroxylation is 1. The van der Waals surface area contributed by atoms with Gasteiger partial charge in [0.15, 0.2) is 0 Å². The fraction of sp³-hybridized carbons (Fsp3) is 0.417. The van der Waals surface area contributed by atoms with Crippen molar-refractivity contribution in [3.8, 4) is 5.75 Å². The van der Waals surface area contributed by atoms with Crippen LogP contribution in [-0.2, 0) is 0 Å². The number of nitrogens with zero attached hydrogens (tertiary/aromatic N) is 1. The Morgan fingerprint density at radius 2 is 2.03 bits per heavy atom. The van der Waals surface area contributed by atoms with Crippen molar-refractivity contribution in [2.24, 2.45) is 0 Å². The molecule has 0 unspecified atom stereocenters. The molecule has 0 bridgehead atoms. The van der Waals surface area contributed by atoms with Crippen molar-refractivity contribution in [1.82, 2.24) is 9.88 Å². The quantitative estimate of drug-likeness (QED) is 0.550. The van der Waals surface area contributed by atoms with Crippen LogP contribution in [-0.4, -0.2) is 45.3 Å². The van der Waals surface area contributed by atoms with Gasteiger partial charge < -0.3 is 24.8 Å². The second-order valence-electron chi connectivity index (χ2n) is 8.86. The molecule has 2 aromatic carbocycles. The number of nitrogens with one attached hydrogen (secondary N) is 1. The summed E-state index contributed by atoms with van der Waals surface area (Å²) >= 11 is 6.07. The lowest BCUT2D eigenvalue weighted by Crippen LogP contribution is -2.51. The Labute approximate surface area is 185 Å². The maximum Gasteiger partial charge on any atom is 0.126 e. The molecule has 0 amide bonds. The number of aliphatic hydroxyl groups is 2. The van der Waals surface area contributed by atoms with Gasteiger partial charge in [0, 0.05) is 58.8 Å². The largest absolute Gasteiger partial charge is 0.487 e. The van der Waals surface area contributed by atoms with E-state index >= 15 is 0 Å². The van der Waals surface area contributed by atoms with Crippen LogP contribution in [0.3, 0.4) is 0 Å². The summed E-state index contributed by atoms with van der Waals surface area (Å²) in [6, 6.07) is 9.98. The number of hydrogen-bond donors (Lipinski definition) is 3. The summed E-state index contributed by atoms with van der Waals surface area (Å²) in [6.45, 7) is 3.88. The highest BCUT2D eigenvalue weighted by Gasteiger charge is 2.43. The zero-order valence-corrected chi connectivity index (χ0v) is 18.1. The van der Waals surface area contributed by atoms with E-state index in [-0.39, 0.29) is 5.82 Å². The molecule has 3 heterocycles. The number of benzene rings is 2. The molecule has 1 spiro atoms. The van der Waals surface area contributed by atoms with Crippen LogP contribution in [0.1, 0.15) is 48.3 Å². The Bertz CT molecular complexity index is 1120. The van der Waals surface area contributed by atoms with E-state index in [1.165, 1.54) is 12.1 Å². The number of aromatic nitrogens is 1. The van der Waals surface area contributed by atoms with Gasteiger partial charge in [0.25, 0.3) is 0 Å². The molecule has 5 nitrogen and oxygen atoms in total. The molecule has 3 N–H and O–H groups in total. The Hall–Kier alpha value is -2.12. The molecule has 3 aromatic rings. The SMILES string of the molecule is Cc1[nH]c2ccc(F)cc2c1[C@H](O)CN1CCC2(CC1)C[C@@H](O)c1cc(Cl)ccc1O2. The molecule has 1 fully saturated rings. The summed E-state index contributed by atoms with van der Waals surface area (Å²) < 4.78 is 20.1. The molecular weight excluding hydrogens is 419 g/mol. The number of aromatic amines is 1. The number of aliphatic hydroxyl groups excluding tert-OH is 2. The maximum atomic E-state index is 13.8. The van der Waals surface area contributed by atoms with Gasteiger partial charge in [0.2, 0.25) is 0 Å². The van der Waals surface area contributed by atoms with Crippen LogP contribution < -0.4 is 4.74 Å². The van der Waals surface area contributed by atoms with E-state index in [2.05, 4.69) is 9.88 Å². The molecule has 164 valence electrons. The van der Waals surface area contributed by atoms with E-state index in [9.17, 15) is 14.6 Å². The van der Waals surface area contributed by atoms with Crippen molar-refractivity contribution in [3.63, 3.8) is 0 Å². The highest BCUT2D eigenvalue weighted by molar-refractivity contribution is 6.30. The van der Waals surface area contributed by atoms with Crippen LogP contribution in [0.2, 0.25) is 5.02 Å². The Balaban J connectivity index is 1.28. The van der Waals surface area contributed by atoms with Gasteiger partial charge in [-0.2, -0.15) is 0 Å². The first kappa shape index (κ1) is 20.8. The molecule has 0 saturated carbocycles. The molecular formula is C24H26ClFN2O3. The third-order valence-corrected chi connectivity index (χ3v) is 6.99. The molecule has 0 radical (unpaired) electrons. The minimum absolute atomic E-state index is 0.311. The van der Waals surface area contributed by atoms with Crippen LogP contribution in [0.5, 0.6) is 5.75 Å². The third kappa shape index (κ3) is 3.82. The molecule has 5 rings (SSSR count). The molecule has 1 saturated heterocycles. The average Bonchev–Trinajstić information content (AvgIpc) is 3.05. The Morgan fingerprint density at radius 1 is 1.26 bits per heavy atom. The van der Waals surface area contributed by atoms with Crippen molar-refractivity contribution in [2.75, 3.05) is 19.6 Å². The number of β-amino-alcohol motifs (C(OH)–C–C–N with tert-alkyl or cyclic N) is 1. The Morgan fingerprint density at radius 3 is 2.81 bits per heavy atom. The van der Waals surface area contributed by atoms with Gasteiger partial charge in [-0.15, -0.1) is 0 Å². The summed E-state index contributed by atoms with van der Waals surface area (Å²) in [5, 5.41) is 23.0. The molecule has 2 atom stereocenters. The van der Waals surface area contributed by atoms with Crippen LogP contribution in [0.4, 0.5) is 4.39 Å². The summed E-state index contributed by atoms with van der Waals surface area (Å²) in [7, 11) is 0. The first-order valence-electron chi connectivity index (χ1n) is 10.7. The van der Waals surface area contributed by atoms with Crippen molar-refractivity contribution >= 4 is 22.5 Å². The summed E-state index contributed by atoms with van der Waals surface area (Å²) in [5.74, 6) is 0.391. The topological polar surface area (TPSA) is 68.7 Å². The number of piperidine rings is 1. The van der Waals surface area contributed by atoms with Gasteiger partial charge in [-0.1, -0.05) is 11.6 Å². The summed E-state index contributed by atoms with van der Waals surface area (Å²) in [5.41, 5.74) is 2.79. The van der Waals surface area contributed by atoms with Crippen LogP contribution in [0.15, 0.2) is 36.4 Å². The molecule has 7 heteroatoms. The van der Waals surface area contributed by atoms with E-state index in [1.807, 2.05) is 13.0 Å². The number of likely N-dealkylation sites (tertiary alicyclic amines) is 1. The van der Waals surface area contributed by atoms with Crippen LogP contribution in [0.25, 0.3) is 10.9 Å². The van der Waals surface area contributed by atoms with E-state index in [4.69, 9.17) is 16.3 Å². The minimum Gasteiger partial charge on any atom is -0.487 e. The summed E-state index contributed by atoms with van der Waals surface area (Å²) in [4.78, 5) is 5.44. The first-order valence-corrected chi connectivity index (χ1v) is 11.1. The van der Waals surface area contributed by atoms with Crippen molar-refractivity contribution in [2.45, 2.75) is 44.0 Å². The van der Waals surface area contributed by atoms with Gasteiger partial charge >= 0.3 is 0 Å². The molecule has 0 aliphatic carbocycles. The van der Waals surface area contributed by atoms with Gasteiger partial charge in [-0.25, -0.2) is 4.39 Å². The number of rotatable bonds is 3. The predicted molar refractivity (Wildman–Crippen MR) is 118 cm³/mol. The monoisotopic (exact) mass is 444 g/mol. The predicted octanol–water partition coefficient (Wildman–Crippen LogP) is 4.65. The second-order valence-corrected chi connectivity index (χ2v) is 9.29. The first-order chi connectivity index (χ1) is 14.8. The fourth-order valence-corrected chi connectivity index (χ4v) is 5.32. The van der Waals surface area contributed by atoms with Crippen LogP contribution in [0, 0.1) is 12.7 Å². The number of halogens is 2. The summed E-state index contributed by atoms with van der Waals surface area (Å²) in [6.07, 6.45) is 0.756. The Kier molecular flexibility index (Phi) is 5.21. The zero-order chi connectivity index (χ0) is 21.8. The smallest absolute Gasteiger partial charge is 0.126 e. The lowest BCUT2D eigenvalue weighted by atomic mass is 9.81. The van der Waals surface area contributed by atoms with E-state index in [1.54, 1.807) is 18.2 Å². The minimum atomic E-state index is -0.717. The fourth-order valence-electron chi connectivity index (χ4n) is 5.14. The molecule has 1 aromatic heterocycles. The number of ether oxygens (including phenoxy) is 1. The van der Waals surface area contributed by atoms with E-state index in [0.717, 1.165) is 53.7 Å². The third-order valence-electron chi connectivity index (χ3n) is 6.75. The highest BCUT2D eigenvalue weighted by atomic mass is 35.5. The molecule has 2 aliphatic heterocycles.